The highest BCUT2D eigenvalue weighted by Crippen LogP contribution is 2.30. The van der Waals surface area contributed by atoms with Crippen molar-refractivity contribution in [2.45, 2.75) is 52.0 Å². The summed E-state index contributed by atoms with van der Waals surface area (Å²) in [6.45, 7) is 6.28. The smallest absolute Gasteiger partial charge is 0.226 e. The summed E-state index contributed by atoms with van der Waals surface area (Å²) in [7, 11) is 1.68. The molecule has 4 nitrogen and oxygen atoms in total. The molecule has 19 heavy (non-hydrogen) atoms. The fraction of sp³-hybridized carbons (Fsp3) is 0.933. The largest absolute Gasteiger partial charge is 0.383 e. The van der Waals surface area contributed by atoms with E-state index in [2.05, 4.69) is 13.8 Å². The van der Waals surface area contributed by atoms with Crippen molar-refractivity contribution in [3.63, 3.8) is 0 Å². The highest BCUT2D eigenvalue weighted by atomic mass is 16.5. The van der Waals surface area contributed by atoms with E-state index in [0.717, 1.165) is 25.7 Å². The second-order valence-corrected chi connectivity index (χ2v) is 5.75. The fourth-order valence-corrected chi connectivity index (χ4v) is 2.92. The van der Waals surface area contributed by atoms with E-state index in [1.807, 2.05) is 4.90 Å². The van der Waals surface area contributed by atoms with Gasteiger partial charge in [-0.05, 0) is 45.1 Å². The van der Waals surface area contributed by atoms with Gasteiger partial charge in [-0.3, -0.25) is 4.79 Å². The highest BCUT2D eigenvalue weighted by Gasteiger charge is 2.31. The molecule has 0 aromatic carbocycles. The zero-order valence-electron chi connectivity index (χ0n) is 12.7. The molecule has 0 saturated heterocycles. The van der Waals surface area contributed by atoms with E-state index in [0.29, 0.717) is 37.6 Å². The first-order valence-electron chi connectivity index (χ1n) is 7.63. The molecule has 0 aromatic heterocycles. The van der Waals surface area contributed by atoms with Gasteiger partial charge in [0, 0.05) is 25.6 Å². The second kappa shape index (κ2) is 8.54. The standard InChI is InChI=1S/C15H30N2O2/c1-4-12(2)17(8-9-19-3)15(18)14-7-5-6-13(10-14)11-16/h12-14H,4-11,16H2,1-3H3. The van der Waals surface area contributed by atoms with Crippen LogP contribution >= 0.6 is 0 Å². The number of methoxy groups -OCH3 is 1. The predicted octanol–water partition coefficient (Wildman–Crippen LogP) is 2.02. The molecule has 0 spiro atoms. The Morgan fingerprint density at radius 1 is 1.47 bits per heavy atom. The van der Waals surface area contributed by atoms with Crippen molar-refractivity contribution in [3.05, 3.63) is 0 Å². The van der Waals surface area contributed by atoms with Crippen molar-refractivity contribution in [3.8, 4) is 0 Å². The Balaban J connectivity index is 2.63. The number of carbonyl (C=O) groups is 1. The lowest BCUT2D eigenvalue weighted by Crippen LogP contribution is -2.45. The van der Waals surface area contributed by atoms with E-state index in [9.17, 15) is 4.79 Å². The number of ether oxygens (including phenoxy) is 1. The van der Waals surface area contributed by atoms with E-state index >= 15 is 0 Å². The van der Waals surface area contributed by atoms with E-state index in [4.69, 9.17) is 10.5 Å². The molecule has 3 atom stereocenters. The molecule has 0 heterocycles. The Morgan fingerprint density at radius 2 is 2.21 bits per heavy atom. The Hall–Kier alpha value is -0.610. The third-order valence-corrected chi connectivity index (χ3v) is 4.41. The van der Waals surface area contributed by atoms with Gasteiger partial charge < -0.3 is 15.4 Å². The molecule has 112 valence electrons. The Labute approximate surface area is 117 Å². The average molecular weight is 270 g/mol. The van der Waals surface area contributed by atoms with Gasteiger partial charge in [0.1, 0.15) is 0 Å². The number of amides is 1. The maximum Gasteiger partial charge on any atom is 0.226 e. The van der Waals surface area contributed by atoms with Crippen molar-refractivity contribution in [2.24, 2.45) is 17.6 Å². The highest BCUT2D eigenvalue weighted by molar-refractivity contribution is 5.79. The van der Waals surface area contributed by atoms with Crippen LogP contribution in [0.25, 0.3) is 0 Å². The number of nitrogens with zero attached hydrogens (tertiary/aromatic N) is 1. The molecule has 1 aliphatic rings. The van der Waals surface area contributed by atoms with Crippen LogP contribution in [0.15, 0.2) is 0 Å². The molecule has 4 heteroatoms. The minimum Gasteiger partial charge on any atom is -0.383 e. The number of hydrogen-bond donors (Lipinski definition) is 1. The monoisotopic (exact) mass is 270 g/mol. The van der Waals surface area contributed by atoms with E-state index in [1.165, 1.54) is 6.42 Å². The first kappa shape index (κ1) is 16.4. The van der Waals surface area contributed by atoms with Crippen LogP contribution in [-0.2, 0) is 9.53 Å². The molecule has 0 aliphatic heterocycles. The molecule has 2 N–H and O–H groups in total. The van der Waals surface area contributed by atoms with E-state index in [1.54, 1.807) is 7.11 Å². The van der Waals surface area contributed by atoms with Gasteiger partial charge in [0.05, 0.1) is 6.61 Å². The van der Waals surface area contributed by atoms with Crippen molar-refractivity contribution < 1.29 is 9.53 Å². The lowest BCUT2D eigenvalue weighted by Gasteiger charge is -2.35. The summed E-state index contributed by atoms with van der Waals surface area (Å²) in [6, 6.07) is 0.293. The maximum atomic E-state index is 12.7. The van der Waals surface area contributed by atoms with Gasteiger partial charge in [0.15, 0.2) is 0 Å². The van der Waals surface area contributed by atoms with E-state index in [-0.39, 0.29) is 5.92 Å². The van der Waals surface area contributed by atoms with Crippen molar-refractivity contribution in [1.29, 1.82) is 0 Å². The van der Waals surface area contributed by atoms with Crippen molar-refractivity contribution in [2.75, 3.05) is 26.8 Å². The molecule has 1 amide bonds. The molecule has 3 unspecified atom stereocenters. The lowest BCUT2D eigenvalue weighted by molar-refractivity contribution is -0.140. The quantitative estimate of drug-likeness (QED) is 0.770. The minimum atomic E-state index is 0.174. The Bertz CT molecular complexity index is 271. The molecule has 0 aromatic rings. The lowest BCUT2D eigenvalue weighted by atomic mass is 9.80. The topological polar surface area (TPSA) is 55.6 Å². The molecular formula is C15H30N2O2. The minimum absolute atomic E-state index is 0.174. The molecule has 1 rings (SSSR count). The third-order valence-electron chi connectivity index (χ3n) is 4.41. The fourth-order valence-electron chi connectivity index (χ4n) is 2.92. The molecular weight excluding hydrogens is 240 g/mol. The van der Waals surface area contributed by atoms with Crippen molar-refractivity contribution >= 4 is 5.91 Å². The molecule has 0 radical (unpaired) electrons. The van der Waals surface area contributed by atoms with Gasteiger partial charge in [-0.25, -0.2) is 0 Å². The van der Waals surface area contributed by atoms with Gasteiger partial charge in [-0.15, -0.1) is 0 Å². The van der Waals surface area contributed by atoms with Gasteiger partial charge in [-0.2, -0.15) is 0 Å². The normalized spacial score (nSPS) is 25.1. The van der Waals surface area contributed by atoms with Crippen molar-refractivity contribution in [1.82, 2.24) is 4.90 Å². The van der Waals surface area contributed by atoms with Crippen LogP contribution < -0.4 is 5.73 Å². The molecule has 1 fully saturated rings. The zero-order chi connectivity index (χ0) is 14.3. The molecule has 1 saturated carbocycles. The second-order valence-electron chi connectivity index (χ2n) is 5.75. The summed E-state index contributed by atoms with van der Waals surface area (Å²) in [5, 5.41) is 0. The van der Waals surface area contributed by atoms with Crippen LogP contribution in [0, 0.1) is 11.8 Å². The van der Waals surface area contributed by atoms with Gasteiger partial charge in [-0.1, -0.05) is 13.3 Å². The molecule has 1 aliphatic carbocycles. The Kier molecular flexibility index (Phi) is 7.39. The summed E-state index contributed by atoms with van der Waals surface area (Å²) in [5.74, 6) is 1.02. The van der Waals surface area contributed by atoms with Crippen LogP contribution in [0.1, 0.15) is 46.0 Å². The first-order valence-corrected chi connectivity index (χ1v) is 7.63. The van der Waals surface area contributed by atoms with Crippen LogP contribution in [-0.4, -0.2) is 43.7 Å². The summed E-state index contributed by atoms with van der Waals surface area (Å²) < 4.78 is 5.13. The SMILES string of the molecule is CCC(C)N(CCOC)C(=O)C1CCCC(CN)C1. The average Bonchev–Trinajstić information content (AvgIpc) is 2.47. The summed E-state index contributed by atoms with van der Waals surface area (Å²) in [6.07, 6.45) is 5.30. The number of nitrogens with two attached hydrogens (primary N) is 1. The third kappa shape index (κ3) is 4.77. The summed E-state index contributed by atoms with van der Waals surface area (Å²) in [4.78, 5) is 14.7. The Morgan fingerprint density at radius 3 is 2.79 bits per heavy atom. The number of carbonyl (C=O) groups excluding carboxylic acids is 1. The van der Waals surface area contributed by atoms with Crippen LogP contribution in [0.5, 0.6) is 0 Å². The van der Waals surface area contributed by atoms with Gasteiger partial charge >= 0.3 is 0 Å². The van der Waals surface area contributed by atoms with Crippen LogP contribution in [0.4, 0.5) is 0 Å². The first-order chi connectivity index (χ1) is 9.13. The number of rotatable bonds is 7. The van der Waals surface area contributed by atoms with Crippen LogP contribution in [0.3, 0.4) is 0 Å². The predicted molar refractivity (Wildman–Crippen MR) is 77.8 cm³/mol. The number of hydrogen-bond acceptors (Lipinski definition) is 3. The summed E-state index contributed by atoms with van der Waals surface area (Å²) in [5.41, 5.74) is 5.76. The van der Waals surface area contributed by atoms with E-state index < -0.39 is 0 Å². The summed E-state index contributed by atoms with van der Waals surface area (Å²) >= 11 is 0. The molecule has 0 bridgehead atoms. The zero-order valence-corrected chi connectivity index (χ0v) is 12.7. The van der Waals surface area contributed by atoms with Crippen LogP contribution in [0.2, 0.25) is 0 Å². The van der Waals surface area contributed by atoms with Gasteiger partial charge in [0.25, 0.3) is 0 Å². The maximum absolute atomic E-state index is 12.7. The van der Waals surface area contributed by atoms with Gasteiger partial charge in [0.2, 0.25) is 5.91 Å².